The number of carbonyl (C=O) groups excluding carboxylic acids is 1. The van der Waals surface area contributed by atoms with Crippen molar-refractivity contribution in [2.75, 3.05) is 13.2 Å². The van der Waals surface area contributed by atoms with Crippen molar-refractivity contribution in [3.8, 4) is 0 Å². The lowest BCUT2D eigenvalue weighted by molar-refractivity contribution is -0.143. The molecule has 0 radical (unpaired) electrons. The van der Waals surface area contributed by atoms with Crippen molar-refractivity contribution in [2.24, 2.45) is 0 Å². The van der Waals surface area contributed by atoms with E-state index in [1.54, 1.807) is 26.0 Å². The maximum atomic E-state index is 12.8. The lowest BCUT2D eigenvalue weighted by Gasteiger charge is -2.22. The Labute approximate surface area is 129 Å². The minimum Gasteiger partial charge on any atom is -0.465 e. The molecule has 0 heterocycles. The molecule has 1 fully saturated rings. The third-order valence-corrected chi connectivity index (χ3v) is 5.80. The van der Waals surface area contributed by atoms with E-state index in [-0.39, 0.29) is 24.1 Å². The standard InChI is InChI=1S/C14H18ClNO4S/c1-3-20-14(17)9-16(11-7-8-11)21(18,19)13-6-4-5-12(15)10(13)2/h4-6,11H,3,7-9H2,1-2H3. The molecule has 0 atom stereocenters. The van der Waals surface area contributed by atoms with Crippen LogP contribution in [0.1, 0.15) is 25.3 Å². The zero-order chi connectivity index (χ0) is 15.6. The summed E-state index contributed by atoms with van der Waals surface area (Å²) in [6, 6.07) is 4.62. The molecule has 21 heavy (non-hydrogen) atoms. The van der Waals surface area contributed by atoms with Gasteiger partial charge < -0.3 is 4.74 Å². The molecule has 1 aliphatic rings. The summed E-state index contributed by atoms with van der Waals surface area (Å²) in [5.74, 6) is -0.535. The fraction of sp³-hybridized carbons (Fsp3) is 0.500. The summed E-state index contributed by atoms with van der Waals surface area (Å²) in [7, 11) is -3.76. The summed E-state index contributed by atoms with van der Waals surface area (Å²) in [5.41, 5.74) is 0.494. The Bertz CT molecular complexity index is 640. The van der Waals surface area contributed by atoms with Crippen LogP contribution in [0, 0.1) is 6.92 Å². The van der Waals surface area contributed by atoms with Crippen molar-refractivity contribution in [3.05, 3.63) is 28.8 Å². The molecule has 0 N–H and O–H groups in total. The van der Waals surface area contributed by atoms with E-state index in [1.165, 1.54) is 10.4 Å². The maximum absolute atomic E-state index is 12.8. The predicted molar refractivity (Wildman–Crippen MR) is 79.7 cm³/mol. The van der Waals surface area contributed by atoms with Crippen molar-refractivity contribution < 1.29 is 17.9 Å². The van der Waals surface area contributed by atoms with E-state index < -0.39 is 16.0 Å². The third-order valence-electron chi connectivity index (χ3n) is 3.35. The molecule has 0 aliphatic heterocycles. The van der Waals surface area contributed by atoms with Crippen molar-refractivity contribution in [1.29, 1.82) is 0 Å². The Kier molecular flexibility index (Phi) is 4.91. The first-order valence-corrected chi connectivity index (χ1v) is 8.62. The lowest BCUT2D eigenvalue weighted by atomic mass is 10.2. The van der Waals surface area contributed by atoms with Gasteiger partial charge in [-0.15, -0.1) is 0 Å². The highest BCUT2D eigenvalue weighted by Gasteiger charge is 2.40. The van der Waals surface area contributed by atoms with Gasteiger partial charge in [0, 0.05) is 11.1 Å². The van der Waals surface area contributed by atoms with E-state index in [2.05, 4.69) is 0 Å². The Morgan fingerprint density at radius 2 is 2.10 bits per heavy atom. The molecule has 0 amide bonds. The summed E-state index contributed by atoms with van der Waals surface area (Å²) < 4.78 is 31.7. The number of rotatable bonds is 6. The van der Waals surface area contributed by atoms with Gasteiger partial charge in [0.1, 0.15) is 6.54 Å². The Hall–Kier alpha value is -1.11. The summed E-state index contributed by atoms with van der Waals surface area (Å²) in [5, 5.41) is 0.392. The van der Waals surface area contributed by atoms with Crippen LogP contribution in [0.5, 0.6) is 0 Å². The van der Waals surface area contributed by atoms with Crippen LogP contribution in [0.4, 0.5) is 0 Å². The highest BCUT2D eigenvalue weighted by Crippen LogP contribution is 2.34. The van der Waals surface area contributed by atoms with Crippen LogP contribution >= 0.6 is 11.6 Å². The van der Waals surface area contributed by atoms with E-state index in [0.717, 1.165) is 12.8 Å². The summed E-state index contributed by atoms with van der Waals surface area (Å²) in [4.78, 5) is 11.8. The fourth-order valence-corrected chi connectivity index (χ4v) is 4.21. The number of ether oxygens (including phenoxy) is 1. The fourth-order valence-electron chi connectivity index (χ4n) is 2.10. The highest BCUT2D eigenvalue weighted by atomic mass is 35.5. The van der Waals surface area contributed by atoms with Crippen LogP contribution in [-0.2, 0) is 19.6 Å². The monoisotopic (exact) mass is 331 g/mol. The number of hydrogen-bond acceptors (Lipinski definition) is 4. The second kappa shape index (κ2) is 6.34. The number of esters is 1. The van der Waals surface area contributed by atoms with Crippen LogP contribution in [0.3, 0.4) is 0 Å². The van der Waals surface area contributed by atoms with Gasteiger partial charge >= 0.3 is 5.97 Å². The van der Waals surface area contributed by atoms with Crippen LogP contribution < -0.4 is 0 Å². The molecule has 0 aromatic heterocycles. The smallest absolute Gasteiger partial charge is 0.321 e. The largest absolute Gasteiger partial charge is 0.465 e. The first kappa shape index (κ1) is 16.3. The van der Waals surface area contributed by atoms with E-state index in [1.807, 2.05) is 0 Å². The van der Waals surface area contributed by atoms with Gasteiger partial charge in [-0.3, -0.25) is 4.79 Å². The summed E-state index contributed by atoms with van der Waals surface area (Å²) in [6.45, 7) is 3.32. The molecule has 116 valence electrons. The van der Waals surface area contributed by atoms with Crippen LogP contribution in [0.25, 0.3) is 0 Å². The van der Waals surface area contributed by atoms with Gasteiger partial charge in [0.15, 0.2) is 0 Å². The predicted octanol–water partition coefficient (Wildman–Crippen LogP) is 2.36. The molecule has 1 aromatic carbocycles. The van der Waals surface area contributed by atoms with E-state index in [9.17, 15) is 13.2 Å². The number of hydrogen-bond donors (Lipinski definition) is 0. The first-order valence-electron chi connectivity index (χ1n) is 6.80. The molecule has 1 saturated carbocycles. The van der Waals surface area contributed by atoms with E-state index in [0.29, 0.717) is 10.6 Å². The van der Waals surface area contributed by atoms with E-state index in [4.69, 9.17) is 16.3 Å². The van der Waals surface area contributed by atoms with Gasteiger partial charge in [-0.05, 0) is 44.4 Å². The maximum Gasteiger partial charge on any atom is 0.321 e. The molecule has 5 nitrogen and oxygen atoms in total. The molecule has 0 unspecified atom stereocenters. The Morgan fingerprint density at radius 3 is 2.67 bits per heavy atom. The van der Waals surface area contributed by atoms with Crippen molar-refractivity contribution in [1.82, 2.24) is 4.31 Å². The number of benzene rings is 1. The molecule has 0 saturated heterocycles. The van der Waals surface area contributed by atoms with Crippen molar-refractivity contribution in [3.63, 3.8) is 0 Å². The zero-order valence-electron chi connectivity index (χ0n) is 12.0. The zero-order valence-corrected chi connectivity index (χ0v) is 13.6. The van der Waals surface area contributed by atoms with Gasteiger partial charge in [0.2, 0.25) is 10.0 Å². The normalized spacial score (nSPS) is 15.2. The lowest BCUT2D eigenvalue weighted by Crippen LogP contribution is -2.38. The average Bonchev–Trinajstić information content (AvgIpc) is 3.23. The highest BCUT2D eigenvalue weighted by molar-refractivity contribution is 7.89. The molecular formula is C14H18ClNO4S. The summed E-state index contributed by atoms with van der Waals surface area (Å²) >= 11 is 6.00. The molecule has 0 spiro atoms. The number of carbonyl (C=O) groups is 1. The molecule has 7 heteroatoms. The molecule has 2 rings (SSSR count). The van der Waals surface area contributed by atoms with Gasteiger partial charge in [-0.2, -0.15) is 4.31 Å². The van der Waals surface area contributed by atoms with Crippen LogP contribution in [0.15, 0.2) is 23.1 Å². The Balaban J connectivity index is 2.34. The molecule has 1 aliphatic carbocycles. The van der Waals surface area contributed by atoms with Gasteiger partial charge in [0.05, 0.1) is 11.5 Å². The quantitative estimate of drug-likeness (QED) is 0.751. The van der Waals surface area contributed by atoms with E-state index >= 15 is 0 Å². The minimum absolute atomic E-state index is 0.127. The van der Waals surface area contributed by atoms with Crippen molar-refractivity contribution >= 4 is 27.6 Å². The number of nitrogens with zero attached hydrogens (tertiary/aromatic N) is 1. The van der Waals surface area contributed by atoms with Crippen LogP contribution in [0.2, 0.25) is 5.02 Å². The van der Waals surface area contributed by atoms with Crippen molar-refractivity contribution in [2.45, 2.75) is 37.6 Å². The third kappa shape index (κ3) is 3.56. The van der Waals surface area contributed by atoms with Crippen LogP contribution in [-0.4, -0.2) is 37.9 Å². The van der Waals surface area contributed by atoms with Gasteiger partial charge in [-0.25, -0.2) is 8.42 Å². The van der Waals surface area contributed by atoms with Gasteiger partial charge in [0.25, 0.3) is 0 Å². The number of sulfonamides is 1. The second-order valence-electron chi connectivity index (χ2n) is 4.95. The second-order valence-corrected chi connectivity index (χ2v) is 7.22. The number of halogens is 1. The Morgan fingerprint density at radius 1 is 1.43 bits per heavy atom. The summed E-state index contributed by atoms with van der Waals surface area (Å²) in [6.07, 6.45) is 1.52. The molecule has 0 bridgehead atoms. The van der Waals surface area contributed by atoms with Gasteiger partial charge in [-0.1, -0.05) is 17.7 Å². The average molecular weight is 332 g/mol. The minimum atomic E-state index is -3.76. The molecular weight excluding hydrogens is 314 g/mol. The molecule has 1 aromatic rings. The topological polar surface area (TPSA) is 63.7 Å². The SMILES string of the molecule is CCOC(=O)CN(C1CC1)S(=O)(=O)c1cccc(Cl)c1C. The first-order chi connectivity index (χ1) is 9.87.